The fraction of sp³-hybridized carbons (Fsp3) is 0.538. The maximum Gasteiger partial charge on any atom is 0.122 e. The molecule has 2 nitrogen and oxygen atoms in total. The Bertz CT molecular complexity index is 315. The Balaban J connectivity index is 2.42. The summed E-state index contributed by atoms with van der Waals surface area (Å²) in [5, 5.41) is 3.94. The molecule has 0 aliphatic heterocycles. The molecule has 0 saturated carbocycles. The van der Waals surface area contributed by atoms with E-state index in [4.69, 9.17) is 16.3 Å². The summed E-state index contributed by atoms with van der Waals surface area (Å²) in [6.07, 6.45) is 4.67. The third-order valence-corrected chi connectivity index (χ3v) is 2.85. The molecule has 0 heterocycles. The SMILES string of the molecule is CNCCCCCc1cc(Cl)ccc1OC. The van der Waals surface area contributed by atoms with Crippen molar-refractivity contribution in [1.29, 1.82) is 0 Å². The summed E-state index contributed by atoms with van der Waals surface area (Å²) in [7, 11) is 3.69. The highest BCUT2D eigenvalue weighted by atomic mass is 35.5. The van der Waals surface area contributed by atoms with Crippen molar-refractivity contribution < 1.29 is 4.74 Å². The largest absolute Gasteiger partial charge is 0.496 e. The summed E-state index contributed by atoms with van der Waals surface area (Å²) in [5.74, 6) is 0.943. The van der Waals surface area contributed by atoms with Crippen LogP contribution < -0.4 is 10.1 Å². The van der Waals surface area contributed by atoms with Gasteiger partial charge < -0.3 is 10.1 Å². The van der Waals surface area contributed by atoms with Gasteiger partial charge in [-0.05, 0) is 56.6 Å². The number of benzene rings is 1. The molecule has 0 atom stereocenters. The Hall–Kier alpha value is -0.730. The molecule has 1 N–H and O–H groups in total. The molecule has 0 amide bonds. The molecule has 0 bridgehead atoms. The van der Waals surface area contributed by atoms with Crippen LogP contribution in [0.5, 0.6) is 5.75 Å². The molecular weight excluding hydrogens is 222 g/mol. The fourth-order valence-electron chi connectivity index (χ4n) is 1.74. The summed E-state index contributed by atoms with van der Waals surface area (Å²) < 4.78 is 5.31. The van der Waals surface area contributed by atoms with Gasteiger partial charge in [-0.3, -0.25) is 0 Å². The zero-order valence-corrected chi connectivity index (χ0v) is 10.8. The molecule has 0 fully saturated rings. The predicted octanol–water partition coefficient (Wildman–Crippen LogP) is 3.28. The van der Waals surface area contributed by atoms with Crippen molar-refractivity contribution in [3.05, 3.63) is 28.8 Å². The lowest BCUT2D eigenvalue weighted by molar-refractivity contribution is 0.408. The Kier molecular flexibility index (Phi) is 6.27. The Morgan fingerprint density at radius 1 is 1.25 bits per heavy atom. The number of hydrogen-bond acceptors (Lipinski definition) is 2. The summed E-state index contributed by atoms with van der Waals surface area (Å²) in [6.45, 7) is 1.09. The van der Waals surface area contributed by atoms with Crippen LogP contribution >= 0.6 is 11.6 Å². The summed E-state index contributed by atoms with van der Waals surface area (Å²) in [5.41, 5.74) is 1.21. The number of ether oxygens (including phenoxy) is 1. The van der Waals surface area contributed by atoms with Crippen LogP contribution in [0.1, 0.15) is 24.8 Å². The van der Waals surface area contributed by atoms with E-state index in [-0.39, 0.29) is 0 Å². The molecule has 0 aliphatic rings. The number of hydrogen-bond donors (Lipinski definition) is 1. The normalized spacial score (nSPS) is 10.4. The van der Waals surface area contributed by atoms with Gasteiger partial charge in [0.15, 0.2) is 0 Å². The number of nitrogens with one attached hydrogen (secondary N) is 1. The van der Waals surface area contributed by atoms with Gasteiger partial charge in [0.2, 0.25) is 0 Å². The van der Waals surface area contributed by atoms with E-state index in [0.717, 1.165) is 23.7 Å². The van der Waals surface area contributed by atoms with Crippen molar-refractivity contribution in [1.82, 2.24) is 5.32 Å². The molecule has 0 aliphatic carbocycles. The Morgan fingerprint density at radius 2 is 2.06 bits per heavy atom. The topological polar surface area (TPSA) is 21.3 Å². The van der Waals surface area contributed by atoms with E-state index in [1.165, 1.54) is 24.8 Å². The van der Waals surface area contributed by atoms with Crippen molar-refractivity contribution in [2.24, 2.45) is 0 Å². The van der Waals surface area contributed by atoms with Gasteiger partial charge in [-0.1, -0.05) is 18.0 Å². The van der Waals surface area contributed by atoms with E-state index < -0.39 is 0 Å². The second kappa shape index (κ2) is 7.53. The molecule has 16 heavy (non-hydrogen) atoms. The lowest BCUT2D eigenvalue weighted by Crippen LogP contribution is -2.07. The minimum Gasteiger partial charge on any atom is -0.496 e. The van der Waals surface area contributed by atoms with Gasteiger partial charge in [-0.15, -0.1) is 0 Å². The first-order valence-electron chi connectivity index (χ1n) is 5.75. The molecule has 1 aromatic carbocycles. The first-order chi connectivity index (χ1) is 7.77. The van der Waals surface area contributed by atoms with Gasteiger partial charge in [0, 0.05) is 5.02 Å². The van der Waals surface area contributed by atoms with E-state index in [1.807, 2.05) is 25.2 Å². The third kappa shape index (κ3) is 4.42. The summed E-state index contributed by atoms with van der Waals surface area (Å²) in [4.78, 5) is 0. The predicted molar refractivity (Wildman–Crippen MR) is 69.5 cm³/mol. The lowest BCUT2D eigenvalue weighted by Gasteiger charge is -2.08. The quantitative estimate of drug-likeness (QED) is 0.740. The highest BCUT2D eigenvalue weighted by Gasteiger charge is 2.03. The molecule has 0 saturated heterocycles. The van der Waals surface area contributed by atoms with Crippen molar-refractivity contribution in [3.8, 4) is 5.75 Å². The van der Waals surface area contributed by atoms with Crippen LogP contribution in [0.2, 0.25) is 5.02 Å². The number of rotatable bonds is 7. The van der Waals surface area contributed by atoms with E-state index in [2.05, 4.69) is 5.32 Å². The molecule has 0 radical (unpaired) electrons. The smallest absolute Gasteiger partial charge is 0.122 e. The first-order valence-corrected chi connectivity index (χ1v) is 6.12. The average molecular weight is 242 g/mol. The van der Waals surface area contributed by atoms with Crippen LogP contribution in [0.25, 0.3) is 0 Å². The number of methoxy groups -OCH3 is 1. The van der Waals surface area contributed by atoms with Gasteiger partial charge in [-0.25, -0.2) is 0 Å². The molecule has 0 unspecified atom stereocenters. The molecule has 1 aromatic rings. The van der Waals surface area contributed by atoms with Crippen molar-refractivity contribution in [3.63, 3.8) is 0 Å². The minimum absolute atomic E-state index is 0.783. The second-order valence-electron chi connectivity index (χ2n) is 3.87. The van der Waals surface area contributed by atoms with E-state index >= 15 is 0 Å². The highest BCUT2D eigenvalue weighted by Crippen LogP contribution is 2.24. The zero-order chi connectivity index (χ0) is 11.8. The highest BCUT2D eigenvalue weighted by molar-refractivity contribution is 6.30. The summed E-state index contributed by atoms with van der Waals surface area (Å²) >= 11 is 5.97. The standard InChI is InChI=1S/C13H20ClNO/c1-15-9-5-3-4-6-11-10-12(14)7-8-13(11)16-2/h7-8,10,15H,3-6,9H2,1-2H3. The zero-order valence-electron chi connectivity index (χ0n) is 10.1. The molecule has 0 spiro atoms. The van der Waals surface area contributed by atoms with Crippen LogP contribution in [0.4, 0.5) is 0 Å². The van der Waals surface area contributed by atoms with E-state index in [0.29, 0.717) is 0 Å². The summed E-state index contributed by atoms with van der Waals surface area (Å²) in [6, 6.07) is 5.80. The van der Waals surface area contributed by atoms with Crippen LogP contribution in [0, 0.1) is 0 Å². The van der Waals surface area contributed by atoms with Gasteiger partial charge >= 0.3 is 0 Å². The maximum atomic E-state index is 5.97. The monoisotopic (exact) mass is 241 g/mol. The van der Waals surface area contributed by atoms with Crippen molar-refractivity contribution in [2.45, 2.75) is 25.7 Å². The van der Waals surface area contributed by atoms with Crippen LogP contribution in [0.15, 0.2) is 18.2 Å². The van der Waals surface area contributed by atoms with Gasteiger partial charge in [0.05, 0.1) is 7.11 Å². The second-order valence-corrected chi connectivity index (χ2v) is 4.31. The fourth-order valence-corrected chi connectivity index (χ4v) is 1.93. The number of halogens is 1. The van der Waals surface area contributed by atoms with Crippen molar-refractivity contribution >= 4 is 11.6 Å². The molecule has 0 aromatic heterocycles. The Labute approximate surface area is 103 Å². The van der Waals surface area contributed by atoms with Crippen LogP contribution in [-0.2, 0) is 6.42 Å². The Morgan fingerprint density at radius 3 is 2.75 bits per heavy atom. The van der Waals surface area contributed by atoms with Gasteiger partial charge in [0.1, 0.15) is 5.75 Å². The molecular formula is C13H20ClNO. The number of aryl methyl sites for hydroxylation is 1. The molecule has 3 heteroatoms. The number of unbranched alkanes of at least 4 members (excludes halogenated alkanes) is 2. The van der Waals surface area contributed by atoms with Crippen molar-refractivity contribution in [2.75, 3.05) is 20.7 Å². The van der Waals surface area contributed by atoms with E-state index in [1.54, 1.807) is 7.11 Å². The van der Waals surface area contributed by atoms with Gasteiger partial charge in [0.25, 0.3) is 0 Å². The van der Waals surface area contributed by atoms with Crippen LogP contribution in [0.3, 0.4) is 0 Å². The molecule has 1 rings (SSSR count). The lowest BCUT2D eigenvalue weighted by atomic mass is 10.1. The van der Waals surface area contributed by atoms with Crippen LogP contribution in [-0.4, -0.2) is 20.7 Å². The molecule has 90 valence electrons. The minimum atomic E-state index is 0.783. The van der Waals surface area contributed by atoms with Gasteiger partial charge in [-0.2, -0.15) is 0 Å². The first kappa shape index (κ1) is 13.3. The van der Waals surface area contributed by atoms with E-state index in [9.17, 15) is 0 Å². The maximum absolute atomic E-state index is 5.97. The average Bonchev–Trinajstić information content (AvgIpc) is 2.29. The third-order valence-electron chi connectivity index (χ3n) is 2.62.